The summed E-state index contributed by atoms with van der Waals surface area (Å²) in [7, 11) is 1.58. The molecule has 0 aromatic heterocycles. The number of ether oxygens (including phenoxy) is 2. The molecule has 0 saturated heterocycles. The van der Waals surface area contributed by atoms with E-state index in [0.29, 0.717) is 25.2 Å². The van der Waals surface area contributed by atoms with Crippen molar-refractivity contribution in [2.24, 2.45) is 0 Å². The highest BCUT2D eigenvalue weighted by molar-refractivity contribution is 5.78. The zero-order chi connectivity index (χ0) is 18.8. The lowest BCUT2D eigenvalue weighted by molar-refractivity contribution is -0.143. The molecule has 0 fully saturated rings. The second kappa shape index (κ2) is 10.2. The number of esters is 1. The molecule has 0 spiro atoms. The van der Waals surface area contributed by atoms with Gasteiger partial charge in [-0.15, -0.1) is 0 Å². The van der Waals surface area contributed by atoms with Gasteiger partial charge in [-0.25, -0.2) is 0 Å². The maximum absolute atomic E-state index is 12.4. The van der Waals surface area contributed by atoms with E-state index in [2.05, 4.69) is 5.32 Å². The van der Waals surface area contributed by atoms with E-state index in [4.69, 9.17) is 9.47 Å². The first kappa shape index (κ1) is 19.5. The smallest absolute Gasteiger partial charge is 0.308 e. The molecule has 2 aromatic rings. The molecule has 2 aromatic carbocycles. The van der Waals surface area contributed by atoms with Crippen LogP contribution in [0.15, 0.2) is 54.6 Å². The van der Waals surface area contributed by atoms with E-state index in [9.17, 15) is 9.59 Å². The maximum Gasteiger partial charge on any atom is 0.308 e. The van der Waals surface area contributed by atoms with Crippen molar-refractivity contribution in [1.82, 2.24) is 5.32 Å². The SMILES string of the molecule is CCOC(=O)C[C@H](NC(=O)CCc1ccccc1)c1cccc(OC)c1. The molecule has 1 atom stereocenters. The van der Waals surface area contributed by atoms with Crippen LogP contribution in [0.5, 0.6) is 5.75 Å². The Kier molecular flexibility index (Phi) is 7.68. The van der Waals surface area contributed by atoms with Crippen molar-refractivity contribution in [2.75, 3.05) is 13.7 Å². The highest BCUT2D eigenvalue weighted by Crippen LogP contribution is 2.22. The Morgan fingerprint density at radius 2 is 1.85 bits per heavy atom. The molecule has 0 aliphatic carbocycles. The van der Waals surface area contributed by atoms with Crippen LogP contribution in [0.3, 0.4) is 0 Å². The second-order valence-electron chi connectivity index (χ2n) is 5.89. The van der Waals surface area contributed by atoms with Gasteiger partial charge in [0.2, 0.25) is 5.91 Å². The fraction of sp³-hybridized carbons (Fsp3) is 0.333. The lowest BCUT2D eigenvalue weighted by Crippen LogP contribution is -2.30. The molecule has 0 aliphatic heterocycles. The molecular weight excluding hydrogens is 330 g/mol. The Balaban J connectivity index is 2.04. The van der Waals surface area contributed by atoms with Crippen molar-refractivity contribution in [3.8, 4) is 5.75 Å². The van der Waals surface area contributed by atoms with Crippen molar-refractivity contribution in [3.63, 3.8) is 0 Å². The zero-order valence-electron chi connectivity index (χ0n) is 15.2. The molecule has 1 N–H and O–H groups in total. The molecule has 26 heavy (non-hydrogen) atoms. The molecule has 138 valence electrons. The number of benzene rings is 2. The molecule has 2 rings (SSSR count). The van der Waals surface area contributed by atoms with Crippen LogP contribution in [0.4, 0.5) is 0 Å². The number of methoxy groups -OCH3 is 1. The fourth-order valence-corrected chi connectivity index (χ4v) is 2.67. The van der Waals surface area contributed by atoms with E-state index in [0.717, 1.165) is 11.1 Å². The largest absolute Gasteiger partial charge is 0.497 e. The third-order valence-electron chi connectivity index (χ3n) is 3.99. The Morgan fingerprint density at radius 1 is 1.08 bits per heavy atom. The highest BCUT2D eigenvalue weighted by atomic mass is 16.5. The van der Waals surface area contributed by atoms with E-state index >= 15 is 0 Å². The van der Waals surface area contributed by atoms with Gasteiger partial charge in [-0.3, -0.25) is 9.59 Å². The number of hydrogen-bond donors (Lipinski definition) is 1. The van der Waals surface area contributed by atoms with Crippen molar-refractivity contribution < 1.29 is 19.1 Å². The predicted octanol–water partition coefficient (Wildman–Crippen LogP) is 3.44. The molecule has 0 radical (unpaired) electrons. The quantitative estimate of drug-likeness (QED) is 0.700. The highest BCUT2D eigenvalue weighted by Gasteiger charge is 2.19. The summed E-state index contributed by atoms with van der Waals surface area (Å²) in [6.45, 7) is 2.07. The number of hydrogen-bond acceptors (Lipinski definition) is 4. The first-order valence-corrected chi connectivity index (χ1v) is 8.75. The summed E-state index contributed by atoms with van der Waals surface area (Å²) in [5.74, 6) is 0.226. The average Bonchev–Trinajstić information content (AvgIpc) is 2.67. The Hall–Kier alpha value is -2.82. The van der Waals surface area contributed by atoms with E-state index in [1.54, 1.807) is 14.0 Å². The lowest BCUT2D eigenvalue weighted by Gasteiger charge is -2.19. The topological polar surface area (TPSA) is 64.6 Å². The van der Waals surface area contributed by atoms with Gasteiger partial charge in [0.1, 0.15) is 5.75 Å². The minimum Gasteiger partial charge on any atom is -0.497 e. The van der Waals surface area contributed by atoms with Crippen LogP contribution in [0, 0.1) is 0 Å². The summed E-state index contributed by atoms with van der Waals surface area (Å²) in [4.78, 5) is 24.3. The number of aryl methyl sites for hydroxylation is 1. The van der Waals surface area contributed by atoms with Crippen LogP contribution in [0.1, 0.15) is 36.9 Å². The summed E-state index contributed by atoms with van der Waals surface area (Å²) in [6, 6.07) is 16.7. The van der Waals surface area contributed by atoms with E-state index in [-0.39, 0.29) is 18.3 Å². The fourth-order valence-electron chi connectivity index (χ4n) is 2.67. The molecule has 1 amide bonds. The van der Waals surface area contributed by atoms with Gasteiger partial charge in [-0.1, -0.05) is 42.5 Å². The predicted molar refractivity (Wildman–Crippen MR) is 99.9 cm³/mol. The lowest BCUT2D eigenvalue weighted by atomic mass is 10.0. The maximum atomic E-state index is 12.4. The number of carbonyl (C=O) groups excluding carboxylic acids is 2. The normalized spacial score (nSPS) is 11.5. The van der Waals surface area contributed by atoms with Gasteiger partial charge in [-0.2, -0.15) is 0 Å². The molecule has 0 saturated carbocycles. The molecule has 5 nitrogen and oxygen atoms in total. The van der Waals surface area contributed by atoms with Gasteiger partial charge in [-0.05, 0) is 36.6 Å². The van der Waals surface area contributed by atoms with E-state index in [1.807, 2.05) is 54.6 Å². The second-order valence-corrected chi connectivity index (χ2v) is 5.89. The van der Waals surface area contributed by atoms with Crippen molar-refractivity contribution in [3.05, 3.63) is 65.7 Å². The van der Waals surface area contributed by atoms with Gasteiger partial charge in [0, 0.05) is 6.42 Å². The number of amides is 1. The molecule has 0 unspecified atom stereocenters. The monoisotopic (exact) mass is 355 g/mol. The van der Waals surface area contributed by atoms with Gasteiger partial charge in [0.25, 0.3) is 0 Å². The van der Waals surface area contributed by atoms with Crippen LogP contribution in [-0.4, -0.2) is 25.6 Å². The summed E-state index contributed by atoms with van der Waals surface area (Å²) in [5, 5.41) is 2.95. The number of nitrogens with one attached hydrogen (secondary N) is 1. The third-order valence-corrected chi connectivity index (χ3v) is 3.99. The molecule has 0 aliphatic rings. The summed E-state index contributed by atoms with van der Waals surface area (Å²) < 4.78 is 10.3. The van der Waals surface area contributed by atoms with Crippen molar-refractivity contribution in [1.29, 1.82) is 0 Å². The van der Waals surface area contributed by atoms with Crippen molar-refractivity contribution >= 4 is 11.9 Å². The van der Waals surface area contributed by atoms with Crippen LogP contribution in [0.2, 0.25) is 0 Å². The Morgan fingerprint density at radius 3 is 2.54 bits per heavy atom. The zero-order valence-corrected chi connectivity index (χ0v) is 15.2. The molecule has 0 heterocycles. The van der Waals surface area contributed by atoms with E-state index in [1.165, 1.54) is 0 Å². The first-order valence-electron chi connectivity index (χ1n) is 8.75. The van der Waals surface area contributed by atoms with Gasteiger partial charge < -0.3 is 14.8 Å². The first-order chi connectivity index (χ1) is 12.6. The Bertz CT molecular complexity index is 715. The van der Waals surface area contributed by atoms with Gasteiger partial charge in [0.05, 0.1) is 26.2 Å². The minimum atomic E-state index is -0.451. The summed E-state index contributed by atoms with van der Waals surface area (Å²) >= 11 is 0. The summed E-state index contributed by atoms with van der Waals surface area (Å²) in [5.41, 5.74) is 1.91. The molecular formula is C21H25NO4. The van der Waals surface area contributed by atoms with Crippen LogP contribution < -0.4 is 10.1 Å². The third kappa shape index (κ3) is 6.24. The van der Waals surface area contributed by atoms with Crippen LogP contribution in [0.25, 0.3) is 0 Å². The Labute approximate surface area is 154 Å². The summed E-state index contributed by atoms with van der Waals surface area (Å²) in [6.07, 6.45) is 1.09. The average molecular weight is 355 g/mol. The molecule has 5 heteroatoms. The molecule has 0 bridgehead atoms. The standard InChI is InChI=1S/C21H25NO4/c1-3-26-21(24)15-19(17-10-7-11-18(14-17)25-2)22-20(23)13-12-16-8-5-4-6-9-16/h4-11,14,19H,3,12-13,15H2,1-2H3,(H,22,23)/t19-/m0/s1. The van der Waals surface area contributed by atoms with Gasteiger partial charge >= 0.3 is 5.97 Å². The minimum absolute atomic E-state index is 0.0814. The number of carbonyl (C=O) groups is 2. The van der Waals surface area contributed by atoms with E-state index < -0.39 is 6.04 Å². The van der Waals surface area contributed by atoms with Crippen LogP contribution in [-0.2, 0) is 20.7 Å². The van der Waals surface area contributed by atoms with Crippen LogP contribution >= 0.6 is 0 Å². The number of rotatable bonds is 9. The van der Waals surface area contributed by atoms with Crippen molar-refractivity contribution in [2.45, 2.75) is 32.2 Å². The van der Waals surface area contributed by atoms with Gasteiger partial charge in [0.15, 0.2) is 0 Å².